The van der Waals surface area contributed by atoms with Gasteiger partial charge >= 0.3 is 0 Å². The molecule has 1 N–H and O–H groups in total. The molecule has 1 aliphatic heterocycles. The van der Waals surface area contributed by atoms with E-state index in [0.29, 0.717) is 30.9 Å². The second-order valence-electron chi connectivity index (χ2n) is 6.82. The van der Waals surface area contributed by atoms with Crippen molar-refractivity contribution in [1.82, 2.24) is 4.90 Å². The largest absolute Gasteiger partial charge is 0.507 e. The van der Waals surface area contributed by atoms with Gasteiger partial charge in [0.25, 0.3) is 11.7 Å². The lowest BCUT2D eigenvalue weighted by Gasteiger charge is -2.25. The smallest absolute Gasteiger partial charge is 0.295 e. The lowest BCUT2D eigenvalue weighted by Crippen LogP contribution is -2.31. The standard InChI is InChI=1S/C23H24FNO5/c1-3-30-16-11-9-15(10-12-16)21(26)19-20(17-7-4-5-8-18(17)24)25(13-6-14-29-2)23(28)22(19)27/h4-5,7-12,20,26H,3,6,13-14H2,1-2H3/t20-/m0/s1. The predicted molar refractivity (Wildman–Crippen MR) is 110 cm³/mol. The van der Waals surface area contributed by atoms with Crippen molar-refractivity contribution in [2.45, 2.75) is 19.4 Å². The minimum atomic E-state index is -1.02. The Kier molecular flexibility index (Phi) is 6.84. The molecule has 30 heavy (non-hydrogen) atoms. The molecular weight excluding hydrogens is 389 g/mol. The molecule has 2 aromatic carbocycles. The molecule has 0 unspecified atom stereocenters. The summed E-state index contributed by atoms with van der Waals surface area (Å²) in [7, 11) is 1.54. The second kappa shape index (κ2) is 9.54. The molecule has 6 nitrogen and oxygen atoms in total. The van der Waals surface area contributed by atoms with Crippen molar-refractivity contribution in [3.63, 3.8) is 0 Å². The van der Waals surface area contributed by atoms with Crippen LogP contribution in [0.3, 0.4) is 0 Å². The summed E-state index contributed by atoms with van der Waals surface area (Å²) in [5.74, 6) is -1.91. The van der Waals surface area contributed by atoms with Crippen LogP contribution in [0, 0.1) is 5.82 Å². The zero-order valence-corrected chi connectivity index (χ0v) is 16.9. The van der Waals surface area contributed by atoms with E-state index in [0.717, 1.165) is 0 Å². The number of ether oxygens (including phenoxy) is 2. The number of amides is 1. The minimum Gasteiger partial charge on any atom is -0.507 e. The number of benzene rings is 2. The third kappa shape index (κ3) is 4.21. The molecule has 0 aliphatic carbocycles. The zero-order chi connectivity index (χ0) is 21.7. The normalized spacial score (nSPS) is 18.1. The van der Waals surface area contributed by atoms with E-state index in [1.54, 1.807) is 30.3 Å². The van der Waals surface area contributed by atoms with Gasteiger partial charge in [-0.1, -0.05) is 18.2 Å². The summed E-state index contributed by atoms with van der Waals surface area (Å²) in [6.07, 6.45) is 0.470. The highest BCUT2D eigenvalue weighted by molar-refractivity contribution is 6.46. The fourth-order valence-corrected chi connectivity index (χ4v) is 3.54. The highest BCUT2D eigenvalue weighted by Gasteiger charge is 2.46. The van der Waals surface area contributed by atoms with Crippen molar-refractivity contribution in [1.29, 1.82) is 0 Å². The zero-order valence-electron chi connectivity index (χ0n) is 16.9. The summed E-state index contributed by atoms with van der Waals surface area (Å²) in [6.45, 7) is 2.92. The number of Topliss-reactive ketones (excluding diaryl/α,β-unsaturated/α-hetero) is 1. The van der Waals surface area contributed by atoms with Crippen LogP contribution >= 0.6 is 0 Å². The van der Waals surface area contributed by atoms with Crippen LogP contribution in [0.1, 0.15) is 30.5 Å². The highest BCUT2D eigenvalue weighted by Crippen LogP contribution is 2.40. The molecule has 1 atom stereocenters. The Balaban J connectivity index is 2.09. The molecule has 0 aromatic heterocycles. The first kappa shape index (κ1) is 21.5. The summed E-state index contributed by atoms with van der Waals surface area (Å²) in [5.41, 5.74) is 0.364. The number of carbonyl (C=O) groups excluding carboxylic acids is 2. The van der Waals surface area contributed by atoms with E-state index in [4.69, 9.17) is 9.47 Å². The lowest BCUT2D eigenvalue weighted by atomic mass is 9.95. The van der Waals surface area contributed by atoms with Gasteiger partial charge in [0.05, 0.1) is 18.2 Å². The first-order chi connectivity index (χ1) is 14.5. The maximum Gasteiger partial charge on any atom is 0.295 e. The quantitative estimate of drug-likeness (QED) is 0.309. The van der Waals surface area contributed by atoms with Crippen LogP contribution in [0.5, 0.6) is 5.75 Å². The molecule has 7 heteroatoms. The van der Waals surface area contributed by atoms with Crippen molar-refractivity contribution < 1.29 is 28.6 Å². The van der Waals surface area contributed by atoms with Gasteiger partial charge in [-0.3, -0.25) is 9.59 Å². The third-order valence-corrected chi connectivity index (χ3v) is 4.93. The summed E-state index contributed by atoms with van der Waals surface area (Å²) < 4.78 is 25.1. The van der Waals surface area contributed by atoms with Crippen molar-refractivity contribution in [2.75, 3.05) is 26.9 Å². The van der Waals surface area contributed by atoms with E-state index in [1.165, 1.54) is 30.2 Å². The summed E-state index contributed by atoms with van der Waals surface area (Å²) in [5, 5.41) is 10.9. The Bertz CT molecular complexity index is 954. The van der Waals surface area contributed by atoms with Gasteiger partial charge in [0.2, 0.25) is 0 Å². The van der Waals surface area contributed by atoms with E-state index >= 15 is 0 Å². The maximum atomic E-state index is 14.6. The number of hydrogen-bond donors (Lipinski definition) is 1. The summed E-state index contributed by atoms with van der Waals surface area (Å²) >= 11 is 0. The topological polar surface area (TPSA) is 76.1 Å². The number of methoxy groups -OCH3 is 1. The van der Waals surface area contributed by atoms with E-state index in [9.17, 15) is 19.1 Å². The molecular formula is C23H24FNO5. The predicted octanol–water partition coefficient (Wildman–Crippen LogP) is 3.68. The van der Waals surface area contributed by atoms with Crippen LogP contribution in [-0.2, 0) is 14.3 Å². The van der Waals surface area contributed by atoms with Crippen LogP contribution in [0.25, 0.3) is 5.76 Å². The first-order valence-electron chi connectivity index (χ1n) is 9.74. The number of ketones is 1. The molecule has 1 fully saturated rings. The van der Waals surface area contributed by atoms with Crippen LogP contribution in [-0.4, -0.2) is 48.6 Å². The van der Waals surface area contributed by atoms with Crippen LogP contribution < -0.4 is 4.74 Å². The van der Waals surface area contributed by atoms with Crippen LogP contribution in [0.4, 0.5) is 4.39 Å². The number of aliphatic hydroxyl groups excluding tert-OH is 1. The Hall–Kier alpha value is -3.19. The number of rotatable bonds is 8. The van der Waals surface area contributed by atoms with Crippen molar-refractivity contribution in [3.05, 3.63) is 71.0 Å². The van der Waals surface area contributed by atoms with Crippen molar-refractivity contribution >= 4 is 17.4 Å². The number of halogens is 1. The summed E-state index contributed by atoms with van der Waals surface area (Å²) in [4.78, 5) is 26.9. The van der Waals surface area contributed by atoms with E-state index in [1.807, 2.05) is 6.92 Å². The van der Waals surface area contributed by atoms with E-state index < -0.39 is 23.5 Å². The molecule has 0 bridgehead atoms. The SMILES string of the molecule is CCOc1ccc(C(O)=C2C(=O)C(=O)N(CCCOC)[C@H]2c2ccccc2F)cc1. The maximum absolute atomic E-state index is 14.6. The second-order valence-corrected chi connectivity index (χ2v) is 6.82. The van der Waals surface area contributed by atoms with Gasteiger partial charge in [-0.05, 0) is 43.7 Å². The van der Waals surface area contributed by atoms with E-state index in [-0.39, 0.29) is 23.4 Å². The fraction of sp³-hybridized carbons (Fsp3) is 0.304. The molecule has 0 radical (unpaired) electrons. The van der Waals surface area contributed by atoms with Gasteiger partial charge in [-0.15, -0.1) is 0 Å². The molecule has 0 saturated carbocycles. The molecule has 0 spiro atoms. The highest BCUT2D eigenvalue weighted by atomic mass is 19.1. The van der Waals surface area contributed by atoms with E-state index in [2.05, 4.69) is 0 Å². The Labute approximate surface area is 174 Å². The van der Waals surface area contributed by atoms with Gasteiger partial charge in [-0.25, -0.2) is 4.39 Å². The van der Waals surface area contributed by atoms with Gasteiger partial charge in [0.15, 0.2) is 0 Å². The molecule has 1 aliphatic rings. The lowest BCUT2D eigenvalue weighted by molar-refractivity contribution is -0.140. The number of likely N-dealkylation sites (tertiary alicyclic amines) is 1. The fourth-order valence-electron chi connectivity index (χ4n) is 3.54. The van der Waals surface area contributed by atoms with Gasteiger partial charge in [-0.2, -0.15) is 0 Å². The van der Waals surface area contributed by atoms with Crippen LogP contribution in [0.2, 0.25) is 0 Å². The van der Waals surface area contributed by atoms with Gasteiger partial charge in [0.1, 0.15) is 17.3 Å². The molecule has 3 rings (SSSR count). The molecule has 1 saturated heterocycles. The Morgan fingerprint density at radius 1 is 1.13 bits per heavy atom. The average Bonchev–Trinajstić information content (AvgIpc) is 2.99. The molecule has 2 aromatic rings. The minimum absolute atomic E-state index is 0.133. The monoisotopic (exact) mass is 413 g/mol. The molecule has 1 heterocycles. The first-order valence-corrected chi connectivity index (χ1v) is 9.74. The van der Waals surface area contributed by atoms with Gasteiger partial charge in [0, 0.05) is 31.4 Å². The molecule has 158 valence electrons. The van der Waals surface area contributed by atoms with Gasteiger partial charge < -0.3 is 19.5 Å². The summed E-state index contributed by atoms with van der Waals surface area (Å²) in [6, 6.07) is 11.4. The molecule has 1 amide bonds. The number of hydrogen-bond acceptors (Lipinski definition) is 5. The average molecular weight is 413 g/mol. The van der Waals surface area contributed by atoms with Crippen molar-refractivity contribution in [3.8, 4) is 5.75 Å². The Morgan fingerprint density at radius 3 is 2.47 bits per heavy atom. The Morgan fingerprint density at radius 2 is 1.83 bits per heavy atom. The number of carbonyl (C=O) groups is 2. The number of nitrogens with zero attached hydrogens (tertiary/aromatic N) is 1. The number of aliphatic hydroxyl groups is 1. The third-order valence-electron chi connectivity index (χ3n) is 4.93. The van der Waals surface area contributed by atoms with Crippen molar-refractivity contribution in [2.24, 2.45) is 0 Å². The van der Waals surface area contributed by atoms with Crippen LogP contribution in [0.15, 0.2) is 54.1 Å².